The molecule has 29 heavy (non-hydrogen) atoms. The Hall–Kier alpha value is -2.84. The normalized spacial score (nSPS) is 14.9. The van der Waals surface area contributed by atoms with Crippen molar-refractivity contribution < 1.29 is 9.15 Å². The Kier molecular flexibility index (Phi) is 4.95. The van der Waals surface area contributed by atoms with E-state index < -0.39 is 6.23 Å². The Morgan fingerprint density at radius 1 is 0.966 bits per heavy atom. The molecule has 3 heterocycles. The van der Waals surface area contributed by atoms with Crippen LogP contribution in [0.5, 0.6) is 5.88 Å². The lowest BCUT2D eigenvalue weighted by Gasteiger charge is -2.16. The van der Waals surface area contributed by atoms with Gasteiger partial charge in [0.15, 0.2) is 16.1 Å². The van der Waals surface area contributed by atoms with E-state index in [9.17, 15) is 0 Å². The molecule has 144 valence electrons. The number of hydrogen-bond acceptors (Lipinski definition) is 7. The van der Waals surface area contributed by atoms with Gasteiger partial charge in [-0.25, -0.2) is 0 Å². The smallest absolute Gasteiger partial charge is 0.247 e. The fourth-order valence-electron chi connectivity index (χ4n) is 3.03. The number of hydrogen-bond donors (Lipinski definition) is 1. The van der Waals surface area contributed by atoms with Crippen LogP contribution in [-0.4, -0.2) is 15.2 Å². The van der Waals surface area contributed by atoms with Gasteiger partial charge in [0.25, 0.3) is 0 Å². The van der Waals surface area contributed by atoms with Crippen molar-refractivity contribution in [2.75, 3.05) is 5.32 Å². The number of halogens is 1. The van der Waals surface area contributed by atoms with Gasteiger partial charge < -0.3 is 14.5 Å². The van der Waals surface area contributed by atoms with Crippen molar-refractivity contribution in [2.24, 2.45) is 0 Å². The van der Waals surface area contributed by atoms with Crippen molar-refractivity contribution in [3.63, 3.8) is 0 Å². The van der Waals surface area contributed by atoms with Gasteiger partial charge in [0, 0.05) is 17.0 Å². The zero-order valence-corrected chi connectivity index (χ0v) is 17.5. The van der Waals surface area contributed by atoms with Crippen molar-refractivity contribution in [1.29, 1.82) is 0 Å². The van der Waals surface area contributed by atoms with Crippen LogP contribution in [-0.2, 0) is 5.75 Å². The second-order valence-corrected chi connectivity index (χ2v) is 8.08. The van der Waals surface area contributed by atoms with E-state index in [1.54, 1.807) is 0 Å². The minimum atomic E-state index is -0.535. The molecule has 0 radical (unpaired) electrons. The van der Waals surface area contributed by atoms with Gasteiger partial charge in [0.2, 0.25) is 17.3 Å². The molecule has 0 saturated carbocycles. The van der Waals surface area contributed by atoms with Crippen LogP contribution in [0.15, 0.2) is 81.0 Å². The lowest BCUT2D eigenvalue weighted by Crippen LogP contribution is -2.16. The number of fused-ring (bicyclic) bond motifs is 3. The van der Waals surface area contributed by atoms with Crippen molar-refractivity contribution in [3.05, 3.63) is 82.7 Å². The van der Waals surface area contributed by atoms with Gasteiger partial charge in [-0.05, 0) is 39.7 Å². The summed E-state index contributed by atoms with van der Waals surface area (Å²) in [7, 11) is 0. The first-order valence-electron chi connectivity index (χ1n) is 8.95. The van der Waals surface area contributed by atoms with Gasteiger partial charge in [0.1, 0.15) is 0 Å². The summed E-state index contributed by atoms with van der Waals surface area (Å²) < 4.78 is 12.5. The quantitative estimate of drug-likeness (QED) is 0.387. The predicted molar refractivity (Wildman–Crippen MR) is 115 cm³/mol. The zero-order chi connectivity index (χ0) is 19.6. The molecule has 2 aromatic heterocycles. The van der Waals surface area contributed by atoms with E-state index >= 15 is 0 Å². The fraction of sp³-hybridized carbons (Fsp3) is 0.0952. The third-order valence-electron chi connectivity index (χ3n) is 4.40. The summed E-state index contributed by atoms with van der Waals surface area (Å²) in [5.41, 5.74) is 3.56. The molecule has 6 nitrogen and oxygen atoms in total. The highest BCUT2D eigenvalue weighted by Gasteiger charge is 2.27. The molecule has 1 N–H and O–H groups in total. The van der Waals surface area contributed by atoms with Crippen molar-refractivity contribution in [3.8, 4) is 17.1 Å². The minimum absolute atomic E-state index is 0.422. The summed E-state index contributed by atoms with van der Waals surface area (Å²) >= 11 is 4.86. The lowest BCUT2D eigenvalue weighted by atomic mass is 10.1. The monoisotopic (exact) mass is 466 g/mol. The van der Waals surface area contributed by atoms with Gasteiger partial charge in [-0.1, -0.05) is 60.3 Å². The molecule has 0 spiro atoms. The van der Waals surface area contributed by atoms with Crippen LogP contribution in [0.3, 0.4) is 0 Å². The topological polar surface area (TPSA) is 73.1 Å². The molecule has 0 aliphatic carbocycles. The number of ether oxygens (including phenoxy) is 1. The summed E-state index contributed by atoms with van der Waals surface area (Å²) in [6.45, 7) is 0. The number of nitrogens with one attached hydrogen (secondary N) is 1. The van der Waals surface area contributed by atoms with Crippen LogP contribution in [0.1, 0.15) is 17.6 Å². The summed E-state index contributed by atoms with van der Waals surface area (Å²) in [6, 6.07) is 21.7. The van der Waals surface area contributed by atoms with Crippen LogP contribution in [0.25, 0.3) is 11.3 Å². The van der Waals surface area contributed by atoms with Gasteiger partial charge in [-0.2, -0.15) is 4.98 Å². The second-order valence-electron chi connectivity index (χ2n) is 6.35. The molecular weight excluding hydrogens is 452 g/mol. The molecule has 4 aromatic rings. The Labute approximate surface area is 179 Å². The molecule has 0 amide bonds. The zero-order valence-electron chi connectivity index (χ0n) is 15.1. The predicted octanol–water partition coefficient (Wildman–Crippen LogP) is 5.69. The number of aromatic nitrogens is 3. The number of para-hydroxylation sites is 1. The second kappa shape index (κ2) is 7.88. The third kappa shape index (κ3) is 3.86. The van der Waals surface area contributed by atoms with Crippen LogP contribution in [0, 0.1) is 0 Å². The van der Waals surface area contributed by atoms with E-state index in [1.807, 2.05) is 54.6 Å². The van der Waals surface area contributed by atoms with Crippen LogP contribution >= 0.6 is 27.7 Å². The number of anilines is 1. The first-order valence-corrected chi connectivity index (χ1v) is 10.7. The Balaban J connectivity index is 1.50. The largest absolute Gasteiger partial charge is 0.448 e. The summed E-state index contributed by atoms with van der Waals surface area (Å²) in [5, 5.41) is 12.7. The molecule has 1 unspecified atom stereocenters. The molecule has 2 aromatic carbocycles. The van der Waals surface area contributed by atoms with E-state index in [0.717, 1.165) is 17.0 Å². The van der Waals surface area contributed by atoms with Crippen LogP contribution in [0.2, 0.25) is 0 Å². The van der Waals surface area contributed by atoms with Crippen molar-refractivity contribution in [1.82, 2.24) is 15.2 Å². The number of nitrogens with zero attached hydrogens (tertiary/aromatic N) is 3. The lowest BCUT2D eigenvalue weighted by molar-refractivity contribution is 0.194. The average molecular weight is 467 g/mol. The van der Waals surface area contributed by atoms with Crippen molar-refractivity contribution in [2.45, 2.75) is 17.1 Å². The highest BCUT2D eigenvalue weighted by Crippen LogP contribution is 2.40. The maximum Gasteiger partial charge on any atom is 0.247 e. The minimum Gasteiger partial charge on any atom is -0.448 e. The number of furan rings is 1. The molecule has 0 fully saturated rings. The number of benzene rings is 2. The third-order valence-corrected chi connectivity index (χ3v) is 5.73. The maximum absolute atomic E-state index is 6.18. The van der Waals surface area contributed by atoms with E-state index in [4.69, 9.17) is 9.15 Å². The summed E-state index contributed by atoms with van der Waals surface area (Å²) in [5.74, 6) is 1.81. The van der Waals surface area contributed by atoms with Crippen LogP contribution < -0.4 is 10.1 Å². The Bertz CT molecular complexity index is 1150. The Morgan fingerprint density at radius 3 is 2.62 bits per heavy atom. The van der Waals surface area contributed by atoms with Crippen LogP contribution in [0.4, 0.5) is 5.69 Å². The molecule has 5 rings (SSSR count). The molecule has 0 bridgehead atoms. The van der Waals surface area contributed by atoms with E-state index in [-0.39, 0.29) is 0 Å². The van der Waals surface area contributed by atoms with Gasteiger partial charge >= 0.3 is 0 Å². The highest BCUT2D eigenvalue weighted by atomic mass is 79.9. The van der Waals surface area contributed by atoms with E-state index in [1.165, 1.54) is 17.3 Å². The van der Waals surface area contributed by atoms with Crippen molar-refractivity contribution >= 4 is 33.4 Å². The summed E-state index contributed by atoms with van der Waals surface area (Å²) in [6.07, 6.45) is -0.535. The molecule has 8 heteroatoms. The first-order chi connectivity index (χ1) is 14.3. The standard InChI is InChI=1S/C21H15BrN4O2S/c22-17-11-10-16(27-17)19-23-15-9-5-4-8-14(15)18-20(28-19)24-21(26-25-18)29-12-13-6-2-1-3-7-13/h1-11,19,23H,12H2. The molecule has 1 atom stereocenters. The van der Waals surface area contributed by atoms with Gasteiger partial charge in [-0.3, -0.25) is 0 Å². The molecule has 1 aliphatic rings. The number of rotatable bonds is 4. The van der Waals surface area contributed by atoms with E-state index in [2.05, 4.69) is 48.6 Å². The SMILES string of the molecule is Brc1ccc(C2Nc3ccccc3-c3nnc(SCc4ccccc4)nc3O2)o1. The van der Waals surface area contributed by atoms with E-state index in [0.29, 0.717) is 27.2 Å². The maximum atomic E-state index is 6.18. The summed E-state index contributed by atoms with van der Waals surface area (Å²) in [4.78, 5) is 4.64. The molecular formula is C21H15BrN4O2S. The van der Waals surface area contributed by atoms with Gasteiger partial charge in [0.05, 0.1) is 0 Å². The Morgan fingerprint density at radius 2 is 1.79 bits per heavy atom. The average Bonchev–Trinajstić information content (AvgIpc) is 3.12. The fourth-order valence-corrected chi connectivity index (χ4v) is 4.08. The molecule has 0 saturated heterocycles. The molecule has 1 aliphatic heterocycles. The first kappa shape index (κ1) is 18.2. The number of thioether (sulfide) groups is 1. The van der Waals surface area contributed by atoms with Gasteiger partial charge in [-0.15, -0.1) is 10.2 Å². The highest BCUT2D eigenvalue weighted by molar-refractivity contribution is 9.10.